The Hall–Kier alpha value is -1.16. The molecule has 0 amide bonds. The lowest BCUT2D eigenvalue weighted by Gasteiger charge is -2.32. The van der Waals surface area contributed by atoms with Gasteiger partial charge in [-0.2, -0.15) is 0 Å². The smallest absolute Gasteiger partial charge is 0.305 e. The van der Waals surface area contributed by atoms with Gasteiger partial charge in [0.15, 0.2) is 5.78 Å². The molecule has 3 atom stereocenters. The van der Waals surface area contributed by atoms with Gasteiger partial charge in [0, 0.05) is 12.0 Å². The fraction of sp³-hybridized carbons (Fsp3) is 0.636. The molecule has 1 fully saturated rings. The molecule has 2 aliphatic rings. The maximum absolute atomic E-state index is 11.9. The first-order chi connectivity index (χ1) is 7.16. The van der Waals surface area contributed by atoms with Crippen LogP contribution < -0.4 is 5.32 Å². The van der Waals surface area contributed by atoms with Crippen molar-refractivity contribution in [3.8, 4) is 0 Å². The van der Waals surface area contributed by atoms with E-state index >= 15 is 0 Å². The maximum Gasteiger partial charge on any atom is 0.305 e. The Morgan fingerprint density at radius 2 is 2.20 bits per heavy atom. The van der Waals surface area contributed by atoms with E-state index in [1.165, 1.54) is 0 Å². The Labute approximate surface area is 88.4 Å². The van der Waals surface area contributed by atoms with E-state index in [0.29, 0.717) is 0 Å². The van der Waals surface area contributed by atoms with Crippen molar-refractivity contribution in [2.24, 2.45) is 5.92 Å². The van der Waals surface area contributed by atoms with Gasteiger partial charge < -0.3 is 10.4 Å². The minimum atomic E-state index is -0.910. The van der Waals surface area contributed by atoms with Crippen LogP contribution in [0, 0.1) is 5.92 Å². The average molecular weight is 209 g/mol. The number of carbonyl (C=O) groups is 2. The zero-order chi connectivity index (χ0) is 10.8. The molecule has 4 nitrogen and oxygen atoms in total. The molecule has 2 N–H and O–H groups in total. The Kier molecular flexibility index (Phi) is 2.86. The van der Waals surface area contributed by atoms with Crippen molar-refractivity contribution in [2.45, 2.75) is 37.8 Å². The number of carboxylic acids is 1. The lowest BCUT2D eigenvalue weighted by atomic mass is 9.84. The molecule has 1 aliphatic carbocycles. The molecule has 0 aromatic heterocycles. The number of piperidine rings is 1. The number of aliphatic carboxylic acids is 1. The van der Waals surface area contributed by atoms with E-state index in [-0.39, 0.29) is 24.2 Å². The summed E-state index contributed by atoms with van der Waals surface area (Å²) in [5, 5.41) is 11.8. The summed E-state index contributed by atoms with van der Waals surface area (Å²) in [6.45, 7) is 0. The zero-order valence-electron chi connectivity index (χ0n) is 8.48. The minimum Gasteiger partial charge on any atom is -0.481 e. The van der Waals surface area contributed by atoms with Crippen molar-refractivity contribution >= 4 is 11.8 Å². The maximum atomic E-state index is 11.9. The average Bonchev–Trinajstić information content (AvgIpc) is 2.36. The van der Waals surface area contributed by atoms with Crippen LogP contribution in [0.4, 0.5) is 0 Å². The molecule has 0 radical (unpaired) electrons. The number of Topliss-reactive ketones (excluding diaryl/α,β-unsaturated/α-hetero) is 1. The quantitative estimate of drug-likeness (QED) is 0.658. The molecule has 0 saturated carbocycles. The van der Waals surface area contributed by atoms with Crippen LogP contribution in [0.3, 0.4) is 0 Å². The predicted octanol–water partition coefficient (Wildman–Crippen LogP) is 0.727. The predicted molar refractivity (Wildman–Crippen MR) is 54.5 cm³/mol. The van der Waals surface area contributed by atoms with Crippen molar-refractivity contribution in [2.75, 3.05) is 0 Å². The highest BCUT2D eigenvalue weighted by atomic mass is 16.4. The summed E-state index contributed by atoms with van der Waals surface area (Å²) in [4.78, 5) is 22.5. The van der Waals surface area contributed by atoms with Crippen molar-refractivity contribution in [3.63, 3.8) is 0 Å². The first-order valence-electron chi connectivity index (χ1n) is 5.33. The third-order valence-corrected chi connectivity index (χ3v) is 3.14. The SMILES string of the molecule is O=C(O)C[C@@H]1NC2CC=CCC(C2)C1=O. The van der Waals surface area contributed by atoms with Crippen LogP contribution in [-0.4, -0.2) is 28.9 Å². The van der Waals surface area contributed by atoms with Crippen molar-refractivity contribution < 1.29 is 14.7 Å². The molecule has 4 heteroatoms. The van der Waals surface area contributed by atoms with Crippen LogP contribution in [-0.2, 0) is 9.59 Å². The summed E-state index contributed by atoms with van der Waals surface area (Å²) in [5.41, 5.74) is 0. The van der Waals surface area contributed by atoms with Crippen molar-refractivity contribution in [1.29, 1.82) is 0 Å². The number of rotatable bonds is 2. The van der Waals surface area contributed by atoms with Gasteiger partial charge in [-0.3, -0.25) is 9.59 Å². The first kappa shape index (κ1) is 10.4. The van der Waals surface area contributed by atoms with Gasteiger partial charge in [0.1, 0.15) is 0 Å². The van der Waals surface area contributed by atoms with Gasteiger partial charge >= 0.3 is 5.97 Å². The molecule has 2 unspecified atom stereocenters. The number of fused-ring (bicyclic) bond motifs is 2. The number of carbonyl (C=O) groups excluding carboxylic acids is 1. The largest absolute Gasteiger partial charge is 0.481 e. The summed E-state index contributed by atoms with van der Waals surface area (Å²) < 4.78 is 0. The summed E-state index contributed by atoms with van der Waals surface area (Å²) in [5.74, 6) is -0.813. The standard InChI is InChI=1S/C11H15NO3/c13-10(14)6-9-11(15)7-3-1-2-4-8(5-7)12-9/h1-2,7-9,12H,3-6H2,(H,13,14)/t7?,8?,9-/m0/s1. The van der Waals surface area contributed by atoms with Crippen LogP contribution in [0.25, 0.3) is 0 Å². The summed E-state index contributed by atoms with van der Waals surface area (Å²) in [6, 6.07) is -0.207. The van der Waals surface area contributed by atoms with E-state index in [0.717, 1.165) is 19.3 Å². The second-order valence-corrected chi connectivity index (χ2v) is 4.29. The van der Waals surface area contributed by atoms with Gasteiger partial charge in [0.25, 0.3) is 0 Å². The molecule has 1 saturated heterocycles. The number of hydrogen-bond donors (Lipinski definition) is 2. The van der Waals surface area contributed by atoms with E-state index in [1.54, 1.807) is 0 Å². The second kappa shape index (κ2) is 4.14. The van der Waals surface area contributed by atoms with E-state index in [2.05, 4.69) is 11.4 Å². The number of allylic oxidation sites excluding steroid dienone is 1. The number of hydrogen-bond acceptors (Lipinski definition) is 3. The van der Waals surface area contributed by atoms with Crippen LogP contribution in [0.2, 0.25) is 0 Å². The molecule has 0 aromatic carbocycles. The minimum absolute atomic E-state index is 0.0272. The molecular weight excluding hydrogens is 194 g/mol. The van der Waals surface area contributed by atoms with Crippen molar-refractivity contribution in [3.05, 3.63) is 12.2 Å². The van der Waals surface area contributed by atoms with Gasteiger partial charge in [0.2, 0.25) is 0 Å². The zero-order valence-corrected chi connectivity index (χ0v) is 8.48. The normalized spacial score (nSPS) is 34.9. The monoisotopic (exact) mass is 209 g/mol. The van der Waals surface area contributed by atoms with Gasteiger partial charge in [-0.15, -0.1) is 0 Å². The molecule has 82 valence electrons. The van der Waals surface area contributed by atoms with Crippen LogP contribution in [0.15, 0.2) is 12.2 Å². The van der Waals surface area contributed by atoms with E-state index in [1.807, 2.05) is 6.08 Å². The molecule has 15 heavy (non-hydrogen) atoms. The third kappa shape index (κ3) is 2.26. The lowest BCUT2D eigenvalue weighted by Crippen LogP contribution is -2.52. The molecule has 0 aromatic rings. The number of carboxylic acid groups (broad SMARTS) is 1. The van der Waals surface area contributed by atoms with Gasteiger partial charge in [-0.1, -0.05) is 12.2 Å². The van der Waals surface area contributed by atoms with Gasteiger partial charge in [-0.05, 0) is 19.3 Å². The molecule has 0 spiro atoms. The van der Waals surface area contributed by atoms with E-state index in [9.17, 15) is 9.59 Å². The molecule has 1 aliphatic heterocycles. The molecule has 2 bridgehead atoms. The van der Waals surface area contributed by atoms with Crippen LogP contribution in [0.5, 0.6) is 0 Å². The molecular formula is C11H15NO3. The second-order valence-electron chi connectivity index (χ2n) is 4.29. The molecule has 2 rings (SSSR count). The number of nitrogens with one attached hydrogen (secondary N) is 1. The van der Waals surface area contributed by atoms with E-state index < -0.39 is 12.0 Å². The fourth-order valence-corrected chi connectivity index (χ4v) is 2.41. The fourth-order valence-electron chi connectivity index (χ4n) is 2.41. The van der Waals surface area contributed by atoms with E-state index in [4.69, 9.17) is 5.11 Å². The Morgan fingerprint density at radius 1 is 1.47 bits per heavy atom. The van der Waals surface area contributed by atoms with Gasteiger partial charge in [-0.25, -0.2) is 0 Å². The highest BCUT2D eigenvalue weighted by Crippen LogP contribution is 2.26. The Bertz CT molecular complexity index is 311. The van der Waals surface area contributed by atoms with Crippen LogP contribution >= 0.6 is 0 Å². The summed E-state index contributed by atoms with van der Waals surface area (Å²) >= 11 is 0. The lowest BCUT2D eigenvalue weighted by molar-refractivity contribution is -0.141. The highest BCUT2D eigenvalue weighted by molar-refractivity contribution is 5.90. The summed E-state index contributed by atoms with van der Waals surface area (Å²) in [7, 11) is 0. The number of ketones is 1. The van der Waals surface area contributed by atoms with Crippen molar-refractivity contribution in [1.82, 2.24) is 5.32 Å². The third-order valence-electron chi connectivity index (χ3n) is 3.14. The highest BCUT2D eigenvalue weighted by Gasteiger charge is 2.36. The summed E-state index contributed by atoms with van der Waals surface area (Å²) in [6.07, 6.45) is 6.54. The molecule has 1 heterocycles. The Balaban J connectivity index is 2.09. The van der Waals surface area contributed by atoms with Gasteiger partial charge in [0.05, 0.1) is 12.5 Å². The topological polar surface area (TPSA) is 66.4 Å². The Morgan fingerprint density at radius 3 is 2.93 bits per heavy atom. The van der Waals surface area contributed by atoms with Crippen LogP contribution in [0.1, 0.15) is 25.7 Å². The first-order valence-corrected chi connectivity index (χ1v) is 5.33.